The Bertz CT molecular complexity index is 970. The maximum Gasteiger partial charge on any atom is 0.274 e. The monoisotopic (exact) mass is 418 g/mol. The Morgan fingerprint density at radius 1 is 1.17 bits per heavy atom. The number of imidazole rings is 1. The number of aromatic nitrogens is 4. The molecule has 1 amide bonds. The fourth-order valence-corrected chi connectivity index (χ4v) is 4.62. The number of ether oxygens (including phenoxy) is 1. The molecular weight excluding hydrogens is 394 g/mol. The average molecular weight is 418 g/mol. The van der Waals surface area contributed by atoms with Gasteiger partial charge in [0.05, 0.1) is 30.7 Å². The lowest BCUT2D eigenvalue weighted by molar-refractivity contribution is -0.0223. The minimum absolute atomic E-state index is 0.105. The van der Waals surface area contributed by atoms with Crippen molar-refractivity contribution in [1.82, 2.24) is 24.4 Å². The molecule has 0 N–H and O–H groups in total. The first-order valence-corrected chi connectivity index (χ1v) is 10.2. The molecule has 2 aromatic heterocycles. The minimum atomic E-state index is -2.61. The number of nitrogens with zero attached hydrogens (tertiary/aromatic N) is 6. The second-order valence-corrected chi connectivity index (χ2v) is 8.56. The third kappa shape index (κ3) is 3.32. The number of halogens is 2. The lowest BCUT2D eigenvalue weighted by atomic mass is 9.80. The summed E-state index contributed by atoms with van der Waals surface area (Å²) < 4.78 is 34.7. The van der Waals surface area contributed by atoms with E-state index in [1.54, 1.807) is 28.2 Å². The van der Waals surface area contributed by atoms with Crippen LogP contribution in [0.15, 0.2) is 18.7 Å². The lowest BCUT2D eigenvalue weighted by Gasteiger charge is -2.36. The highest BCUT2D eigenvalue weighted by atomic mass is 19.3. The van der Waals surface area contributed by atoms with Crippen molar-refractivity contribution >= 4 is 11.9 Å². The van der Waals surface area contributed by atoms with Gasteiger partial charge in [-0.25, -0.2) is 23.7 Å². The minimum Gasteiger partial charge on any atom is -0.376 e. The number of carbonyl (C=O) groups excluding carboxylic acids is 1. The zero-order valence-corrected chi connectivity index (χ0v) is 16.9. The van der Waals surface area contributed by atoms with E-state index in [2.05, 4.69) is 9.97 Å². The Balaban J connectivity index is 1.40. The van der Waals surface area contributed by atoms with Gasteiger partial charge in [0, 0.05) is 64.0 Å². The first-order chi connectivity index (χ1) is 14.4. The maximum atomic E-state index is 13.5. The zero-order chi connectivity index (χ0) is 20.9. The van der Waals surface area contributed by atoms with Crippen molar-refractivity contribution in [2.45, 2.75) is 37.2 Å². The topological polar surface area (TPSA) is 76.4 Å². The van der Waals surface area contributed by atoms with Crippen molar-refractivity contribution in [3.8, 4) is 0 Å². The number of piperidine rings is 1. The Labute approximate surface area is 172 Å². The fraction of sp³-hybridized carbons (Fsp3) is 0.600. The number of fused-ring (bicyclic) bond motifs is 2. The maximum absolute atomic E-state index is 13.5. The molecule has 0 radical (unpaired) electrons. The molecule has 3 aliphatic heterocycles. The quantitative estimate of drug-likeness (QED) is 0.740. The van der Waals surface area contributed by atoms with Crippen molar-refractivity contribution < 1.29 is 18.3 Å². The summed E-state index contributed by atoms with van der Waals surface area (Å²) in [5, 5.41) is 0. The number of alkyl halides is 2. The normalized spacial score (nSPS) is 25.6. The van der Waals surface area contributed by atoms with Crippen molar-refractivity contribution in [2.75, 3.05) is 37.7 Å². The molecule has 160 valence electrons. The van der Waals surface area contributed by atoms with Gasteiger partial charge in [0.1, 0.15) is 5.69 Å². The molecule has 2 fully saturated rings. The van der Waals surface area contributed by atoms with Crippen LogP contribution in [-0.2, 0) is 23.8 Å². The predicted octanol–water partition coefficient (Wildman–Crippen LogP) is 1.76. The Hall–Kier alpha value is -2.62. The summed E-state index contributed by atoms with van der Waals surface area (Å²) in [5.41, 5.74) is 1.80. The van der Waals surface area contributed by atoms with Crippen LogP contribution in [0.3, 0.4) is 0 Å². The van der Waals surface area contributed by atoms with Crippen LogP contribution in [0, 0.1) is 0 Å². The van der Waals surface area contributed by atoms with Crippen LogP contribution in [0.1, 0.15) is 41.0 Å². The molecule has 30 heavy (non-hydrogen) atoms. The summed E-state index contributed by atoms with van der Waals surface area (Å²) in [6.45, 7) is 2.45. The van der Waals surface area contributed by atoms with Crippen LogP contribution in [-0.4, -0.2) is 69.0 Å². The van der Waals surface area contributed by atoms with Gasteiger partial charge in [0.25, 0.3) is 11.8 Å². The van der Waals surface area contributed by atoms with Crippen LogP contribution in [0.5, 0.6) is 0 Å². The molecule has 5 rings (SSSR count). The van der Waals surface area contributed by atoms with Gasteiger partial charge in [-0.1, -0.05) is 0 Å². The summed E-state index contributed by atoms with van der Waals surface area (Å²) >= 11 is 0. The van der Waals surface area contributed by atoms with Gasteiger partial charge in [0.15, 0.2) is 0 Å². The van der Waals surface area contributed by atoms with Crippen molar-refractivity contribution in [3.63, 3.8) is 0 Å². The molecule has 0 aromatic carbocycles. The number of hydrogen-bond donors (Lipinski definition) is 0. The molecule has 0 aliphatic carbocycles. The molecule has 2 aromatic rings. The van der Waals surface area contributed by atoms with E-state index < -0.39 is 11.3 Å². The Morgan fingerprint density at radius 2 is 1.97 bits per heavy atom. The number of carbonyl (C=O) groups is 1. The van der Waals surface area contributed by atoms with Crippen molar-refractivity contribution in [3.05, 3.63) is 35.7 Å². The molecule has 0 unspecified atom stereocenters. The predicted molar refractivity (Wildman–Crippen MR) is 103 cm³/mol. The van der Waals surface area contributed by atoms with Gasteiger partial charge in [-0.2, -0.15) is 0 Å². The summed E-state index contributed by atoms with van der Waals surface area (Å²) in [7, 11) is 1.83. The molecule has 10 heteroatoms. The zero-order valence-electron chi connectivity index (χ0n) is 16.9. The van der Waals surface area contributed by atoms with Crippen LogP contribution in [0.2, 0.25) is 0 Å². The number of aryl methyl sites for hydroxylation is 1. The summed E-state index contributed by atoms with van der Waals surface area (Å²) in [6.07, 6.45) is 5.43. The van der Waals surface area contributed by atoms with Gasteiger partial charge in [-0.05, 0) is 6.42 Å². The molecule has 0 saturated carbocycles. The number of amides is 1. The highest BCUT2D eigenvalue weighted by molar-refractivity contribution is 5.92. The van der Waals surface area contributed by atoms with Gasteiger partial charge >= 0.3 is 0 Å². The molecule has 5 heterocycles. The molecule has 1 spiro atoms. The van der Waals surface area contributed by atoms with Crippen LogP contribution in [0.4, 0.5) is 14.7 Å². The third-order valence-electron chi connectivity index (χ3n) is 6.33. The lowest BCUT2D eigenvalue weighted by Crippen LogP contribution is -2.43. The largest absolute Gasteiger partial charge is 0.376 e. The van der Waals surface area contributed by atoms with E-state index in [0.29, 0.717) is 37.9 Å². The molecule has 1 atom stereocenters. The van der Waals surface area contributed by atoms with E-state index in [-0.39, 0.29) is 31.8 Å². The second-order valence-electron chi connectivity index (χ2n) is 8.56. The Kier molecular flexibility index (Phi) is 4.49. The molecular formula is C20H24F2N6O2. The smallest absolute Gasteiger partial charge is 0.274 e. The van der Waals surface area contributed by atoms with E-state index in [9.17, 15) is 13.6 Å². The van der Waals surface area contributed by atoms with Crippen LogP contribution in [0.25, 0.3) is 0 Å². The number of anilines is 1. The van der Waals surface area contributed by atoms with E-state index >= 15 is 0 Å². The fourth-order valence-electron chi connectivity index (χ4n) is 4.62. The van der Waals surface area contributed by atoms with Gasteiger partial charge in [-0.15, -0.1) is 0 Å². The second kappa shape index (κ2) is 6.97. The highest BCUT2D eigenvalue weighted by Crippen LogP contribution is 2.40. The van der Waals surface area contributed by atoms with E-state index in [0.717, 1.165) is 17.7 Å². The first kappa shape index (κ1) is 19.3. The summed E-state index contributed by atoms with van der Waals surface area (Å²) in [5.74, 6) is -2.23. The SMILES string of the molecule is Cn1cnc(C(=O)N2CC[C@@]3(COCc4cnc(N5CCC(F)(F)CC5)nc43)C2)c1. The highest BCUT2D eigenvalue weighted by Gasteiger charge is 2.47. The van der Waals surface area contributed by atoms with Crippen LogP contribution < -0.4 is 4.90 Å². The third-order valence-corrected chi connectivity index (χ3v) is 6.33. The Morgan fingerprint density at radius 3 is 2.70 bits per heavy atom. The van der Waals surface area contributed by atoms with Crippen molar-refractivity contribution in [2.24, 2.45) is 7.05 Å². The molecule has 2 saturated heterocycles. The van der Waals surface area contributed by atoms with Gasteiger partial charge in [0.2, 0.25) is 5.95 Å². The van der Waals surface area contributed by atoms with Gasteiger partial charge < -0.3 is 19.1 Å². The van der Waals surface area contributed by atoms with E-state index in [4.69, 9.17) is 9.72 Å². The first-order valence-electron chi connectivity index (χ1n) is 10.2. The standard InChI is InChI=1S/C20H24F2N6O2/c1-26-9-15(24-13-26)17(29)28-5-2-19(11-28)12-30-10-14-8-23-18(25-16(14)19)27-6-3-20(21,22)4-7-27/h8-9,13H,2-7,10-12H2,1H3/t19-/m0/s1. The number of likely N-dealkylation sites (tertiary alicyclic amines) is 1. The molecule has 3 aliphatic rings. The summed E-state index contributed by atoms with van der Waals surface area (Å²) in [6, 6.07) is 0. The van der Waals surface area contributed by atoms with Crippen molar-refractivity contribution in [1.29, 1.82) is 0 Å². The molecule has 0 bridgehead atoms. The van der Waals surface area contributed by atoms with E-state index in [1.807, 2.05) is 11.9 Å². The van der Waals surface area contributed by atoms with E-state index in [1.165, 1.54) is 0 Å². The van der Waals surface area contributed by atoms with Gasteiger partial charge in [-0.3, -0.25) is 4.79 Å². The number of rotatable bonds is 2. The molecule has 8 nitrogen and oxygen atoms in total. The van der Waals surface area contributed by atoms with Crippen LogP contribution >= 0.6 is 0 Å². The number of hydrogen-bond acceptors (Lipinski definition) is 6. The average Bonchev–Trinajstić information content (AvgIpc) is 3.35. The summed E-state index contributed by atoms with van der Waals surface area (Å²) in [4.78, 5) is 29.9.